The maximum Gasteiger partial charge on any atom is 0.243 e. The molecule has 1 N–H and O–H groups in total. The van der Waals surface area contributed by atoms with Gasteiger partial charge in [0.15, 0.2) is 0 Å². The molecule has 0 spiro atoms. The molecule has 0 atom stereocenters. The number of piperidine rings is 1. The van der Waals surface area contributed by atoms with Gasteiger partial charge in [-0.05, 0) is 49.4 Å². The van der Waals surface area contributed by atoms with Crippen molar-refractivity contribution in [2.24, 2.45) is 0 Å². The van der Waals surface area contributed by atoms with Gasteiger partial charge in [0.05, 0.1) is 4.90 Å². The van der Waals surface area contributed by atoms with Gasteiger partial charge in [0.2, 0.25) is 10.0 Å². The van der Waals surface area contributed by atoms with Crippen LogP contribution in [0.25, 0.3) is 0 Å². The molecule has 0 aromatic heterocycles. The molecule has 116 valence electrons. The highest BCUT2D eigenvalue weighted by atomic mass is 35.5. The van der Waals surface area contributed by atoms with Crippen LogP contribution in [0.2, 0.25) is 5.02 Å². The molecule has 1 aliphatic carbocycles. The van der Waals surface area contributed by atoms with Crippen molar-refractivity contribution in [2.75, 3.05) is 13.1 Å². The third-order valence-corrected chi connectivity index (χ3v) is 6.39. The van der Waals surface area contributed by atoms with E-state index in [9.17, 15) is 8.42 Å². The lowest BCUT2D eigenvalue weighted by Gasteiger charge is -2.26. The number of benzene rings is 1. The van der Waals surface area contributed by atoms with Crippen LogP contribution in [0.15, 0.2) is 23.1 Å². The highest BCUT2D eigenvalue weighted by Gasteiger charge is 2.27. The van der Waals surface area contributed by atoms with E-state index < -0.39 is 10.0 Å². The fourth-order valence-corrected chi connectivity index (χ4v) is 4.40. The van der Waals surface area contributed by atoms with Crippen LogP contribution in [0.1, 0.15) is 37.7 Å². The summed E-state index contributed by atoms with van der Waals surface area (Å²) in [6.45, 7) is 1.88. The van der Waals surface area contributed by atoms with Crippen molar-refractivity contribution < 1.29 is 8.42 Å². The van der Waals surface area contributed by atoms with Gasteiger partial charge in [0, 0.05) is 30.7 Å². The number of nitrogens with zero attached hydrogens (tertiary/aromatic N) is 1. The van der Waals surface area contributed by atoms with Crippen LogP contribution < -0.4 is 5.32 Å². The van der Waals surface area contributed by atoms with E-state index in [4.69, 9.17) is 11.6 Å². The molecule has 1 aromatic rings. The second-order valence-corrected chi connectivity index (χ2v) is 8.22. The third kappa shape index (κ3) is 3.59. The van der Waals surface area contributed by atoms with Crippen molar-refractivity contribution >= 4 is 21.6 Å². The number of sulfonamides is 1. The predicted octanol–water partition coefficient (Wildman–Crippen LogP) is 2.77. The van der Waals surface area contributed by atoms with Crippen LogP contribution in [0.4, 0.5) is 0 Å². The van der Waals surface area contributed by atoms with Crippen molar-refractivity contribution in [3.8, 4) is 0 Å². The summed E-state index contributed by atoms with van der Waals surface area (Å²) in [6.07, 6.45) is 5.40. The molecular weight excluding hydrogens is 308 g/mol. The monoisotopic (exact) mass is 328 g/mol. The maximum atomic E-state index is 12.7. The predicted molar refractivity (Wildman–Crippen MR) is 83.9 cm³/mol. The van der Waals surface area contributed by atoms with Gasteiger partial charge in [-0.25, -0.2) is 8.42 Å². The van der Waals surface area contributed by atoms with Crippen molar-refractivity contribution in [1.82, 2.24) is 9.62 Å². The zero-order valence-electron chi connectivity index (χ0n) is 12.0. The van der Waals surface area contributed by atoms with Crippen LogP contribution in [-0.2, 0) is 16.6 Å². The van der Waals surface area contributed by atoms with Gasteiger partial charge >= 0.3 is 0 Å². The number of hydrogen-bond acceptors (Lipinski definition) is 3. The Labute approximate surface area is 131 Å². The molecule has 1 saturated heterocycles. The van der Waals surface area contributed by atoms with Gasteiger partial charge in [0.25, 0.3) is 0 Å². The average Bonchev–Trinajstić information content (AvgIpc) is 3.31. The summed E-state index contributed by atoms with van der Waals surface area (Å²) >= 11 is 6.19. The van der Waals surface area contributed by atoms with Gasteiger partial charge < -0.3 is 5.32 Å². The molecule has 2 fully saturated rings. The fraction of sp³-hybridized carbons (Fsp3) is 0.600. The van der Waals surface area contributed by atoms with Crippen LogP contribution in [0, 0.1) is 0 Å². The molecule has 1 aromatic carbocycles. The normalized spacial score (nSPS) is 20.6. The molecule has 3 rings (SSSR count). The van der Waals surface area contributed by atoms with Gasteiger partial charge in [-0.15, -0.1) is 0 Å². The Morgan fingerprint density at radius 1 is 1.19 bits per heavy atom. The first kappa shape index (κ1) is 15.3. The maximum absolute atomic E-state index is 12.7. The Bertz CT molecular complexity index is 608. The number of nitrogens with one attached hydrogen (secondary N) is 1. The van der Waals surface area contributed by atoms with Crippen LogP contribution >= 0.6 is 11.6 Å². The molecule has 21 heavy (non-hydrogen) atoms. The molecule has 0 unspecified atom stereocenters. The second kappa shape index (κ2) is 6.24. The summed E-state index contributed by atoms with van der Waals surface area (Å²) in [4.78, 5) is 0.362. The first-order chi connectivity index (χ1) is 10.1. The quantitative estimate of drug-likeness (QED) is 0.904. The van der Waals surface area contributed by atoms with E-state index in [0.29, 0.717) is 35.6 Å². The minimum absolute atomic E-state index is 0.362. The summed E-state index contributed by atoms with van der Waals surface area (Å²) in [5.74, 6) is 0. The number of halogens is 1. The van der Waals surface area contributed by atoms with E-state index in [1.807, 2.05) is 0 Å². The van der Waals surface area contributed by atoms with Crippen molar-refractivity contribution in [3.63, 3.8) is 0 Å². The Balaban J connectivity index is 1.81. The average molecular weight is 329 g/mol. The van der Waals surface area contributed by atoms with Crippen LogP contribution in [0.5, 0.6) is 0 Å². The summed E-state index contributed by atoms with van der Waals surface area (Å²) in [5.41, 5.74) is 0.863. The van der Waals surface area contributed by atoms with E-state index in [2.05, 4.69) is 5.32 Å². The Morgan fingerprint density at radius 2 is 1.90 bits per heavy atom. The van der Waals surface area contributed by atoms with Crippen molar-refractivity contribution in [2.45, 2.75) is 49.6 Å². The van der Waals surface area contributed by atoms with Gasteiger partial charge in [0.1, 0.15) is 0 Å². The molecule has 0 bridgehead atoms. The Morgan fingerprint density at radius 3 is 2.57 bits per heavy atom. The molecule has 6 heteroatoms. The summed E-state index contributed by atoms with van der Waals surface area (Å²) in [6, 6.07) is 5.61. The highest BCUT2D eigenvalue weighted by molar-refractivity contribution is 7.89. The number of hydrogen-bond donors (Lipinski definition) is 1. The van der Waals surface area contributed by atoms with Crippen LogP contribution in [-0.4, -0.2) is 31.9 Å². The topological polar surface area (TPSA) is 49.4 Å². The molecule has 1 saturated carbocycles. The zero-order chi connectivity index (χ0) is 14.9. The van der Waals surface area contributed by atoms with Gasteiger partial charge in [-0.2, -0.15) is 4.31 Å². The van der Waals surface area contributed by atoms with E-state index in [1.54, 1.807) is 22.5 Å². The summed E-state index contributed by atoms with van der Waals surface area (Å²) in [7, 11) is -3.38. The third-order valence-electron chi connectivity index (χ3n) is 4.13. The van der Waals surface area contributed by atoms with Crippen LogP contribution in [0.3, 0.4) is 0 Å². The Hall–Kier alpha value is -0.620. The minimum Gasteiger partial charge on any atom is -0.310 e. The molecule has 0 amide bonds. The standard InChI is InChI=1S/C15H21ClN2O2S/c16-15-7-6-14(10-12(15)11-17-13-4-5-13)21(19,20)18-8-2-1-3-9-18/h6-7,10,13,17H,1-5,8-9,11H2. The molecule has 4 nitrogen and oxygen atoms in total. The molecular formula is C15H21ClN2O2S. The van der Waals surface area contributed by atoms with E-state index in [0.717, 1.165) is 24.8 Å². The fourth-order valence-electron chi connectivity index (χ4n) is 2.64. The lowest BCUT2D eigenvalue weighted by molar-refractivity contribution is 0.346. The SMILES string of the molecule is O=S(=O)(c1ccc(Cl)c(CNC2CC2)c1)N1CCCCC1. The molecule has 2 aliphatic rings. The lowest BCUT2D eigenvalue weighted by atomic mass is 10.2. The van der Waals surface area contributed by atoms with E-state index in [1.165, 1.54) is 12.8 Å². The largest absolute Gasteiger partial charge is 0.310 e. The second-order valence-electron chi connectivity index (χ2n) is 5.87. The van der Waals surface area contributed by atoms with E-state index in [-0.39, 0.29) is 0 Å². The van der Waals surface area contributed by atoms with E-state index >= 15 is 0 Å². The summed E-state index contributed by atoms with van der Waals surface area (Å²) < 4.78 is 26.9. The summed E-state index contributed by atoms with van der Waals surface area (Å²) in [5, 5.41) is 4.00. The minimum atomic E-state index is -3.38. The smallest absolute Gasteiger partial charge is 0.243 e. The van der Waals surface area contributed by atoms with Gasteiger partial charge in [-0.1, -0.05) is 18.0 Å². The number of rotatable bonds is 5. The first-order valence-corrected chi connectivity index (χ1v) is 9.41. The highest BCUT2D eigenvalue weighted by Crippen LogP contribution is 2.26. The lowest BCUT2D eigenvalue weighted by Crippen LogP contribution is -2.35. The molecule has 1 heterocycles. The Kier molecular flexibility index (Phi) is 4.54. The first-order valence-electron chi connectivity index (χ1n) is 7.59. The van der Waals surface area contributed by atoms with Crippen molar-refractivity contribution in [3.05, 3.63) is 28.8 Å². The molecule has 0 radical (unpaired) electrons. The zero-order valence-corrected chi connectivity index (χ0v) is 13.6. The van der Waals surface area contributed by atoms with Crippen molar-refractivity contribution in [1.29, 1.82) is 0 Å². The van der Waals surface area contributed by atoms with Gasteiger partial charge in [-0.3, -0.25) is 0 Å². The molecule has 1 aliphatic heterocycles.